The molecule has 2 aromatic rings. The molecule has 0 radical (unpaired) electrons. The Morgan fingerprint density at radius 2 is 1.74 bits per heavy atom. The fraction of sp³-hybridized carbons (Fsp3) is 0.0714. The van der Waals surface area contributed by atoms with E-state index in [-0.39, 0.29) is 16.5 Å². The minimum absolute atomic E-state index is 0.0367. The van der Waals surface area contributed by atoms with Crippen LogP contribution in [0.5, 0.6) is 5.75 Å². The first-order valence-electron chi connectivity index (χ1n) is 6.02. The molecule has 0 fully saturated rings. The summed E-state index contributed by atoms with van der Waals surface area (Å²) in [6.45, 7) is 0. The maximum Gasteiger partial charge on any atom is 0.416 e. The minimum Gasteiger partial charge on any atom is -0.506 e. The normalized spacial score (nSPS) is 11.9. The second-order valence-corrected chi connectivity index (χ2v) is 6.51. The molecule has 0 aromatic heterocycles. The highest BCUT2D eigenvalue weighted by atomic mass is 79.9. The summed E-state index contributed by atoms with van der Waals surface area (Å²) in [5.41, 5.74) is 2.29. The molecule has 2 aromatic carbocycles. The van der Waals surface area contributed by atoms with Gasteiger partial charge in [0, 0.05) is 0 Å². The summed E-state index contributed by atoms with van der Waals surface area (Å²) >= 11 is 12.2. The van der Waals surface area contributed by atoms with Crippen molar-refractivity contribution in [3.8, 4) is 5.75 Å². The lowest BCUT2D eigenvalue weighted by molar-refractivity contribution is -0.137. The third kappa shape index (κ3) is 4.62. The van der Waals surface area contributed by atoms with Gasteiger partial charge in [-0.05, 0) is 67.8 Å². The Labute approximate surface area is 151 Å². The van der Waals surface area contributed by atoms with Crippen LogP contribution in [0.4, 0.5) is 18.9 Å². The standard InChI is InChI=1S/C14H8Br2ClF3N2O/c15-9-3-7(4-10(16)13(9)23)6-21-22-12-5-8(14(18,19)20)1-2-11(12)17/h1-6,22-23H/b21-6+. The molecule has 9 heteroatoms. The summed E-state index contributed by atoms with van der Waals surface area (Å²) in [6, 6.07) is 6.11. The van der Waals surface area contributed by atoms with E-state index in [1.807, 2.05) is 0 Å². The predicted octanol–water partition coefficient (Wildman–Crippen LogP) is 6.04. The fourth-order valence-electron chi connectivity index (χ4n) is 1.62. The van der Waals surface area contributed by atoms with Crippen LogP contribution in [0.3, 0.4) is 0 Å². The number of halogens is 6. The van der Waals surface area contributed by atoms with Crippen LogP contribution in [0, 0.1) is 0 Å². The van der Waals surface area contributed by atoms with E-state index < -0.39 is 11.7 Å². The first-order valence-corrected chi connectivity index (χ1v) is 7.98. The molecule has 122 valence electrons. The number of phenolic OH excluding ortho intramolecular Hbond substituents is 1. The first-order chi connectivity index (χ1) is 10.7. The number of hydrazone groups is 1. The summed E-state index contributed by atoms with van der Waals surface area (Å²) in [6.07, 6.45) is -3.08. The minimum atomic E-state index is -4.46. The molecule has 3 nitrogen and oxygen atoms in total. The van der Waals surface area contributed by atoms with Crippen LogP contribution in [0.1, 0.15) is 11.1 Å². The highest BCUT2D eigenvalue weighted by molar-refractivity contribution is 9.11. The van der Waals surface area contributed by atoms with Crippen molar-refractivity contribution in [2.24, 2.45) is 5.10 Å². The van der Waals surface area contributed by atoms with Crippen molar-refractivity contribution in [3.63, 3.8) is 0 Å². The number of rotatable bonds is 3. The fourth-order valence-corrected chi connectivity index (χ4v) is 3.00. The van der Waals surface area contributed by atoms with Gasteiger partial charge < -0.3 is 5.11 Å². The Morgan fingerprint density at radius 1 is 1.13 bits per heavy atom. The van der Waals surface area contributed by atoms with Crippen molar-refractivity contribution in [3.05, 3.63) is 55.4 Å². The van der Waals surface area contributed by atoms with Gasteiger partial charge in [0.1, 0.15) is 5.75 Å². The second-order valence-electron chi connectivity index (χ2n) is 4.40. The van der Waals surface area contributed by atoms with E-state index in [4.69, 9.17) is 11.6 Å². The number of phenols is 1. The Morgan fingerprint density at radius 3 is 2.30 bits per heavy atom. The van der Waals surface area contributed by atoms with Gasteiger partial charge in [-0.1, -0.05) is 11.6 Å². The van der Waals surface area contributed by atoms with Gasteiger partial charge in [0.05, 0.1) is 31.4 Å². The number of benzene rings is 2. The average molecular weight is 472 g/mol. The molecule has 23 heavy (non-hydrogen) atoms. The molecule has 0 aliphatic carbocycles. The van der Waals surface area contributed by atoms with Gasteiger partial charge in [-0.15, -0.1) is 0 Å². The second kappa shape index (κ2) is 7.11. The van der Waals surface area contributed by atoms with E-state index >= 15 is 0 Å². The van der Waals surface area contributed by atoms with Gasteiger partial charge in [0.25, 0.3) is 0 Å². The molecule has 0 spiro atoms. The highest BCUT2D eigenvalue weighted by Crippen LogP contribution is 2.34. The summed E-state index contributed by atoms with van der Waals surface area (Å²) in [7, 11) is 0. The predicted molar refractivity (Wildman–Crippen MR) is 91.2 cm³/mol. The smallest absolute Gasteiger partial charge is 0.416 e. The summed E-state index contributed by atoms with van der Waals surface area (Å²) in [5, 5.41) is 13.6. The number of nitrogens with zero attached hydrogens (tertiary/aromatic N) is 1. The number of nitrogens with one attached hydrogen (secondary N) is 1. The van der Waals surface area contributed by atoms with Gasteiger partial charge in [-0.2, -0.15) is 18.3 Å². The Bertz CT molecular complexity index is 743. The molecule has 0 bridgehead atoms. The van der Waals surface area contributed by atoms with Gasteiger partial charge in [-0.25, -0.2) is 0 Å². The van der Waals surface area contributed by atoms with Gasteiger partial charge >= 0.3 is 6.18 Å². The lowest BCUT2D eigenvalue weighted by atomic mass is 10.2. The monoisotopic (exact) mass is 470 g/mol. The maximum atomic E-state index is 12.7. The molecule has 0 amide bonds. The molecule has 0 aliphatic heterocycles. The van der Waals surface area contributed by atoms with E-state index in [0.717, 1.165) is 18.2 Å². The Balaban J connectivity index is 2.21. The molecule has 0 saturated heterocycles. The topological polar surface area (TPSA) is 44.6 Å². The summed E-state index contributed by atoms with van der Waals surface area (Å²) < 4.78 is 38.9. The molecule has 2 N–H and O–H groups in total. The zero-order valence-corrected chi connectivity index (χ0v) is 15.1. The maximum absolute atomic E-state index is 12.7. The van der Waals surface area contributed by atoms with Gasteiger partial charge in [0.15, 0.2) is 0 Å². The summed E-state index contributed by atoms with van der Waals surface area (Å²) in [5.74, 6) is 0.0380. The third-order valence-corrected chi connectivity index (χ3v) is 4.27. The average Bonchev–Trinajstić information content (AvgIpc) is 2.45. The number of hydrogen-bond acceptors (Lipinski definition) is 3. The molecular formula is C14H8Br2ClF3N2O. The SMILES string of the molecule is Oc1c(Br)cc(/C=N/Nc2cc(C(F)(F)F)ccc2Cl)cc1Br. The van der Waals surface area contributed by atoms with E-state index in [2.05, 4.69) is 42.4 Å². The van der Waals surface area contributed by atoms with Crippen molar-refractivity contribution < 1.29 is 18.3 Å². The van der Waals surface area contributed by atoms with Crippen LogP contribution in [0.2, 0.25) is 5.02 Å². The number of anilines is 1. The number of aromatic hydroxyl groups is 1. The first kappa shape index (κ1) is 18.1. The highest BCUT2D eigenvalue weighted by Gasteiger charge is 2.30. The van der Waals surface area contributed by atoms with Crippen molar-refractivity contribution in [2.75, 3.05) is 5.43 Å². The lowest BCUT2D eigenvalue weighted by Gasteiger charge is -2.09. The largest absolute Gasteiger partial charge is 0.506 e. The molecule has 2 rings (SSSR count). The molecule has 0 unspecified atom stereocenters. The zero-order valence-electron chi connectivity index (χ0n) is 11.1. The molecule has 0 saturated carbocycles. The molecule has 0 heterocycles. The van der Waals surface area contributed by atoms with E-state index in [1.165, 1.54) is 6.21 Å². The van der Waals surface area contributed by atoms with E-state index in [1.54, 1.807) is 12.1 Å². The molecular weight excluding hydrogens is 464 g/mol. The molecule has 0 atom stereocenters. The van der Waals surface area contributed by atoms with Crippen molar-refractivity contribution in [2.45, 2.75) is 6.18 Å². The van der Waals surface area contributed by atoms with E-state index in [9.17, 15) is 18.3 Å². The lowest BCUT2D eigenvalue weighted by Crippen LogP contribution is -2.05. The molecule has 0 aliphatic rings. The van der Waals surface area contributed by atoms with Crippen molar-refractivity contribution in [1.82, 2.24) is 0 Å². The Hall–Kier alpha value is -1.25. The number of alkyl halides is 3. The number of hydrogen-bond donors (Lipinski definition) is 2. The van der Waals surface area contributed by atoms with Crippen LogP contribution in [-0.4, -0.2) is 11.3 Å². The summed E-state index contributed by atoms with van der Waals surface area (Å²) in [4.78, 5) is 0. The van der Waals surface area contributed by atoms with Crippen LogP contribution in [-0.2, 0) is 6.18 Å². The van der Waals surface area contributed by atoms with Crippen molar-refractivity contribution in [1.29, 1.82) is 0 Å². The van der Waals surface area contributed by atoms with Gasteiger partial charge in [-0.3, -0.25) is 5.43 Å². The van der Waals surface area contributed by atoms with Crippen LogP contribution in [0.15, 0.2) is 44.4 Å². The van der Waals surface area contributed by atoms with Crippen LogP contribution >= 0.6 is 43.5 Å². The zero-order chi connectivity index (χ0) is 17.2. The Kier molecular flexibility index (Phi) is 5.59. The van der Waals surface area contributed by atoms with Crippen molar-refractivity contribution >= 4 is 55.4 Å². The van der Waals surface area contributed by atoms with Gasteiger partial charge in [0.2, 0.25) is 0 Å². The van der Waals surface area contributed by atoms with Crippen LogP contribution < -0.4 is 5.43 Å². The quantitative estimate of drug-likeness (QED) is 0.423. The van der Waals surface area contributed by atoms with E-state index in [0.29, 0.717) is 14.5 Å². The third-order valence-electron chi connectivity index (χ3n) is 2.73. The van der Waals surface area contributed by atoms with Crippen LogP contribution in [0.25, 0.3) is 0 Å².